The monoisotopic (exact) mass is 351 g/mol. The normalized spacial score (nSPS) is 15.1. The van der Waals surface area contributed by atoms with Gasteiger partial charge in [-0.25, -0.2) is 12.8 Å². The quantitative estimate of drug-likeness (QED) is 0.922. The SMILES string of the molecule is Cc1ccc(F)cc1NS(=O)(=O)c1cc2n(c1)CCCN(C)C2=O. The number of carbonyl (C=O) groups is 1. The van der Waals surface area contributed by atoms with Gasteiger partial charge in [-0.2, -0.15) is 0 Å². The molecular weight excluding hydrogens is 333 g/mol. The number of aryl methyl sites for hydroxylation is 2. The van der Waals surface area contributed by atoms with Crippen molar-refractivity contribution < 1.29 is 17.6 Å². The molecule has 3 rings (SSSR count). The Labute approximate surface area is 139 Å². The van der Waals surface area contributed by atoms with E-state index in [0.717, 1.165) is 12.5 Å². The molecule has 0 saturated carbocycles. The van der Waals surface area contributed by atoms with E-state index in [-0.39, 0.29) is 16.5 Å². The molecule has 1 amide bonds. The summed E-state index contributed by atoms with van der Waals surface area (Å²) in [6.07, 6.45) is 2.20. The molecule has 2 heterocycles. The Morgan fingerprint density at radius 2 is 1.96 bits per heavy atom. The minimum atomic E-state index is -3.91. The molecule has 1 aromatic carbocycles. The molecule has 128 valence electrons. The lowest BCUT2D eigenvalue weighted by molar-refractivity contribution is 0.0796. The van der Waals surface area contributed by atoms with Crippen molar-refractivity contribution in [1.29, 1.82) is 0 Å². The zero-order valence-corrected chi connectivity index (χ0v) is 14.2. The first-order chi connectivity index (χ1) is 11.3. The van der Waals surface area contributed by atoms with Gasteiger partial charge in [0.05, 0.1) is 5.69 Å². The molecule has 0 atom stereocenters. The molecule has 8 heteroatoms. The molecule has 0 aliphatic carbocycles. The Hall–Kier alpha value is -2.35. The van der Waals surface area contributed by atoms with Crippen LogP contribution in [0.25, 0.3) is 0 Å². The summed E-state index contributed by atoms with van der Waals surface area (Å²) in [5.41, 5.74) is 1.13. The molecule has 0 unspecified atom stereocenters. The van der Waals surface area contributed by atoms with E-state index in [1.165, 1.54) is 24.4 Å². The van der Waals surface area contributed by atoms with Gasteiger partial charge < -0.3 is 9.47 Å². The van der Waals surface area contributed by atoms with E-state index in [1.54, 1.807) is 23.4 Å². The predicted octanol–water partition coefficient (Wildman–Crippen LogP) is 2.21. The van der Waals surface area contributed by atoms with Gasteiger partial charge in [-0.1, -0.05) is 6.07 Å². The van der Waals surface area contributed by atoms with Crippen LogP contribution in [0.3, 0.4) is 0 Å². The average molecular weight is 351 g/mol. The summed E-state index contributed by atoms with van der Waals surface area (Å²) >= 11 is 0. The number of hydrogen-bond acceptors (Lipinski definition) is 3. The maximum absolute atomic E-state index is 13.4. The van der Waals surface area contributed by atoms with Crippen molar-refractivity contribution in [1.82, 2.24) is 9.47 Å². The van der Waals surface area contributed by atoms with E-state index < -0.39 is 15.8 Å². The Morgan fingerprint density at radius 1 is 1.21 bits per heavy atom. The number of hydrogen-bond donors (Lipinski definition) is 1. The van der Waals surface area contributed by atoms with Crippen molar-refractivity contribution >= 4 is 21.6 Å². The van der Waals surface area contributed by atoms with Crippen molar-refractivity contribution in [3.8, 4) is 0 Å². The highest BCUT2D eigenvalue weighted by Gasteiger charge is 2.25. The first kappa shape index (κ1) is 16.5. The second-order valence-corrected chi connectivity index (χ2v) is 7.58. The van der Waals surface area contributed by atoms with Crippen molar-refractivity contribution in [2.75, 3.05) is 18.3 Å². The number of carbonyl (C=O) groups excluding carboxylic acids is 1. The molecule has 0 saturated heterocycles. The molecule has 6 nitrogen and oxygen atoms in total. The lowest BCUT2D eigenvalue weighted by Crippen LogP contribution is -2.26. The van der Waals surface area contributed by atoms with Gasteiger partial charge in [0.25, 0.3) is 15.9 Å². The number of anilines is 1. The van der Waals surface area contributed by atoms with E-state index in [9.17, 15) is 17.6 Å². The summed E-state index contributed by atoms with van der Waals surface area (Å²) < 4.78 is 42.6. The molecule has 0 fully saturated rings. The number of sulfonamides is 1. The van der Waals surface area contributed by atoms with E-state index in [2.05, 4.69) is 4.72 Å². The molecule has 0 bridgehead atoms. The van der Waals surface area contributed by atoms with Crippen molar-refractivity contribution in [2.45, 2.75) is 24.8 Å². The standard InChI is InChI=1S/C16H18FN3O3S/c1-11-4-5-12(17)8-14(11)18-24(22,23)13-9-15-16(21)19(2)6-3-7-20(15)10-13/h4-5,8-10,18H,3,6-7H2,1-2H3. The maximum atomic E-state index is 13.4. The maximum Gasteiger partial charge on any atom is 0.270 e. The van der Waals surface area contributed by atoms with Crippen molar-refractivity contribution in [3.63, 3.8) is 0 Å². The Morgan fingerprint density at radius 3 is 2.71 bits per heavy atom. The number of benzene rings is 1. The molecule has 1 aromatic heterocycles. The lowest BCUT2D eigenvalue weighted by atomic mass is 10.2. The summed E-state index contributed by atoms with van der Waals surface area (Å²) in [5, 5.41) is 0. The van der Waals surface area contributed by atoms with Crippen LogP contribution in [-0.4, -0.2) is 37.4 Å². The zero-order chi connectivity index (χ0) is 17.5. The summed E-state index contributed by atoms with van der Waals surface area (Å²) in [4.78, 5) is 13.8. The number of amides is 1. The fourth-order valence-electron chi connectivity index (χ4n) is 2.68. The van der Waals surface area contributed by atoms with Crippen LogP contribution in [0.1, 0.15) is 22.5 Å². The van der Waals surface area contributed by atoms with E-state index in [4.69, 9.17) is 0 Å². The first-order valence-corrected chi connectivity index (χ1v) is 9.01. The topological polar surface area (TPSA) is 71.4 Å². The van der Waals surface area contributed by atoms with Gasteiger partial charge in [0.1, 0.15) is 16.4 Å². The van der Waals surface area contributed by atoms with Gasteiger partial charge in [-0.15, -0.1) is 0 Å². The fraction of sp³-hybridized carbons (Fsp3) is 0.312. The molecule has 1 aliphatic heterocycles. The molecule has 24 heavy (non-hydrogen) atoms. The van der Waals surface area contributed by atoms with Crippen LogP contribution in [-0.2, 0) is 16.6 Å². The van der Waals surface area contributed by atoms with Crippen molar-refractivity contribution in [3.05, 3.63) is 47.5 Å². The average Bonchev–Trinajstić information content (AvgIpc) is 2.90. The minimum Gasteiger partial charge on any atom is -0.342 e. The highest BCUT2D eigenvalue weighted by Crippen LogP contribution is 2.23. The molecule has 0 spiro atoms. The van der Waals surface area contributed by atoms with E-state index in [0.29, 0.717) is 24.3 Å². The van der Waals surface area contributed by atoms with Crippen LogP contribution < -0.4 is 4.72 Å². The molecule has 1 aliphatic rings. The number of nitrogens with one attached hydrogen (secondary N) is 1. The summed E-state index contributed by atoms with van der Waals surface area (Å²) in [5.74, 6) is -0.737. The highest BCUT2D eigenvalue weighted by atomic mass is 32.2. The number of rotatable bonds is 3. The third kappa shape index (κ3) is 3.01. The number of aromatic nitrogens is 1. The Kier molecular flexibility index (Phi) is 4.08. The second-order valence-electron chi connectivity index (χ2n) is 5.90. The number of halogens is 1. The van der Waals surface area contributed by atoms with Crippen LogP contribution in [0.15, 0.2) is 35.4 Å². The van der Waals surface area contributed by atoms with E-state index >= 15 is 0 Å². The van der Waals surface area contributed by atoms with Crippen LogP contribution in [0, 0.1) is 12.7 Å². The summed E-state index contributed by atoms with van der Waals surface area (Å²) in [6.45, 7) is 2.88. The number of nitrogens with zero attached hydrogens (tertiary/aromatic N) is 2. The van der Waals surface area contributed by atoms with Crippen LogP contribution in [0.2, 0.25) is 0 Å². The summed E-state index contributed by atoms with van der Waals surface area (Å²) in [7, 11) is -2.22. The van der Waals surface area contributed by atoms with Gasteiger partial charge in [0.2, 0.25) is 0 Å². The molecule has 2 aromatic rings. The highest BCUT2D eigenvalue weighted by molar-refractivity contribution is 7.92. The molecule has 1 N–H and O–H groups in total. The zero-order valence-electron chi connectivity index (χ0n) is 13.4. The third-order valence-corrected chi connectivity index (χ3v) is 5.42. The lowest BCUT2D eigenvalue weighted by Gasteiger charge is -2.12. The van der Waals surface area contributed by atoms with E-state index in [1.807, 2.05) is 0 Å². The minimum absolute atomic E-state index is 0.00943. The molecular formula is C16H18FN3O3S. The number of fused-ring (bicyclic) bond motifs is 1. The summed E-state index contributed by atoms with van der Waals surface area (Å²) in [6, 6.07) is 5.26. The fourth-order valence-corrected chi connectivity index (χ4v) is 3.84. The predicted molar refractivity (Wildman–Crippen MR) is 88.0 cm³/mol. The first-order valence-electron chi connectivity index (χ1n) is 7.52. The van der Waals surface area contributed by atoms with Crippen LogP contribution in [0.4, 0.5) is 10.1 Å². The Bertz CT molecular complexity index is 905. The van der Waals surface area contributed by atoms with Gasteiger partial charge in [0.15, 0.2) is 0 Å². The van der Waals surface area contributed by atoms with Crippen LogP contribution >= 0.6 is 0 Å². The second kappa shape index (κ2) is 5.94. The smallest absolute Gasteiger partial charge is 0.270 e. The Balaban J connectivity index is 1.97. The molecule has 0 radical (unpaired) electrons. The van der Waals surface area contributed by atoms with Crippen LogP contribution in [0.5, 0.6) is 0 Å². The van der Waals surface area contributed by atoms with Crippen molar-refractivity contribution in [2.24, 2.45) is 0 Å². The van der Waals surface area contributed by atoms with Gasteiger partial charge in [-0.05, 0) is 37.1 Å². The largest absolute Gasteiger partial charge is 0.342 e. The third-order valence-electron chi connectivity index (χ3n) is 4.08. The van der Waals surface area contributed by atoms with Gasteiger partial charge >= 0.3 is 0 Å². The van der Waals surface area contributed by atoms with Gasteiger partial charge in [0, 0.05) is 26.3 Å². The van der Waals surface area contributed by atoms with Gasteiger partial charge in [-0.3, -0.25) is 9.52 Å².